The Morgan fingerprint density at radius 2 is 1.89 bits per heavy atom. The lowest BCUT2D eigenvalue weighted by Crippen LogP contribution is -1.94. The summed E-state index contributed by atoms with van der Waals surface area (Å²) >= 11 is 7.62. The zero-order valence-corrected chi connectivity index (χ0v) is 11.2. The van der Waals surface area contributed by atoms with Gasteiger partial charge in [-0.2, -0.15) is 0 Å². The normalized spacial score (nSPS) is 10.8. The molecular formula is C14H8ClNO2S. The average molecular weight is 290 g/mol. The maximum Gasteiger partial charge on any atom is 0.335 e. The molecule has 3 rings (SSSR count). The number of nitrogens with zero attached hydrogens (tertiary/aromatic N) is 1. The molecule has 0 saturated heterocycles. The van der Waals surface area contributed by atoms with E-state index in [1.807, 2.05) is 18.2 Å². The quantitative estimate of drug-likeness (QED) is 0.764. The molecule has 0 radical (unpaired) electrons. The first-order valence-electron chi connectivity index (χ1n) is 5.54. The van der Waals surface area contributed by atoms with Gasteiger partial charge in [0.05, 0.1) is 20.8 Å². The van der Waals surface area contributed by atoms with Crippen LogP contribution in [-0.4, -0.2) is 16.1 Å². The number of aromatic carboxylic acids is 1. The maximum absolute atomic E-state index is 10.8. The van der Waals surface area contributed by atoms with E-state index in [0.29, 0.717) is 5.02 Å². The molecule has 0 unspecified atom stereocenters. The van der Waals surface area contributed by atoms with E-state index in [1.165, 1.54) is 11.3 Å². The fraction of sp³-hybridized carbons (Fsp3) is 0. The summed E-state index contributed by atoms with van der Waals surface area (Å²) in [6.07, 6.45) is 0. The molecule has 2 aromatic carbocycles. The number of carboxylic acid groups (broad SMARTS) is 1. The topological polar surface area (TPSA) is 50.2 Å². The van der Waals surface area contributed by atoms with Crippen LogP contribution in [0.3, 0.4) is 0 Å². The summed E-state index contributed by atoms with van der Waals surface area (Å²) in [6, 6.07) is 12.3. The van der Waals surface area contributed by atoms with Crippen LogP contribution in [0.4, 0.5) is 0 Å². The van der Waals surface area contributed by atoms with Crippen LogP contribution in [0.1, 0.15) is 10.4 Å². The summed E-state index contributed by atoms with van der Waals surface area (Å²) in [5, 5.41) is 10.4. The van der Waals surface area contributed by atoms with Gasteiger partial charge in [-0.05, 0) is 24.3 Å². The highest BCUT2D eigenvalue weighted by atomic mass is 35.5. The van der Waals surface area contributed by atoms with Crippen molar-refractivity contribution in [2.24, 2.45) is 0 Å². The second-order valence-corrected chi connectivity index (χ2v) is 5.40. The first kappa shape index (κ1) is 12.1. The Morgan fingerprint density at radius 1 is 1.16 bits per heavy atom. The summed E-state index contributed by atoms with van der Waals surface area (Å²) in [5.74, 6) is -0.932. The highest BCUT2D eigenvalue weighted by Crippen LogP contribution is 2.34. The Hall–Kier alpha value is -1.91. The van der Waals surface area contributed by atoms with Crippen LogP contribution in [0.2, 0.25) is 5.02 Å². The van der Waals surface area contributed by atoms with Crippen LogP contribution in [0, 0.1) is 0 Å². The van der Waals surface area contributed by atoms with Crippen LogP contribution in [0.5, 0.6) is 0 Å². The molecule has 1 N–H and O–H groups in total. The molecule has 1 heterocycles. The first-order valence-corrected chi connectivity index (χ1v) is 6.73. The first-order chi connectivity index (χ1) is 9.15. The Balaban J connectivity index is 2.09. The molecule has 0 aliphatic carbocycles. The van der Waals surface area contributed by atoms with Crippen LogP contribution < -0.4 is 0 Å². The molecule has 0 aliphatic rings. The number of carbonyl (C=O) groups is 1. The second-order valence-electron chi connectivity index (χ2n) is 3.99. The van der Waals surface area contributed by atoms with Gasteiger partial charge in [-0.1, -0.05) is 29.8 Å². The zero-order chi connectivity index (χ0) is 13.4. The summed E-state index contributed by atoms with van der Waals surface area (Å²) in [5.41, 5.74) is 2.01. The molecule has 0 fully saturated rings. The molecule has 0 spiro atoms. The number of halogens is 1. The summed E-state index contributed by atoms with van der Waals surface area (Å²) in [6.45, 7) is 0. The molecule has 0 atom stereocenters. The molecule has 0 saturated carbocycles. The van der Waals surface area contributed by atoms with Gasteiger partial charge in [0.15, 0.2) is 0 Å². The molecule has 1 aromatic heterocycles. The predicted octanol–water partition coefficient (Wildman–Crippen LogP) is 4.31. The Bertz CT molecular complexity index is 765. The van der Waals surface area contributed by atoms with Gasteiger partial charge in [0.1, 0.15) is 5.01 Å². The molecule has 0 amide bonds. The molecule has 19 heavy (non-hydrogen) atoms. The van der Waals surface area contributed by atoms with E-state index in [-0.39, 0.29) is 5.56 Å². The lowest BCUT2D eigenvalue weighted by atomic mass is 10.1. The summed E-state index contributed by atoms with van der Waals surface area (Å²) in [7, 11) is 0. The minimum atomic E-state index is -0.932. The van der Waals surface area contributed by atoms with Gasteiger partial charge in [0.2, 0.25) is 0 Å². The highest BCUT2D eigenvalue weighted by Gasteiger charge is 2.09. The number of aromatic nitrogens is 1. The third-order valence-electron chi connectivity index (χ3n) is 2.75. The molecule has 5 heteroatoms. The van der Waals surface area contributed by atoms with Crippen molar-refractivity contribution in [3.63, 3.8) is 0 Å². The van der Waals surface area contributed by atoms with Gasteiger partial charge < -0.3 is 5.11 Å². The van der Waals surface area contributed by atoms with E-state index < -0.39 is 5.97 Å². The monoisotopic (exact) mass is 289 g/mol. The molecule has 0 aliphatic heterocycles. The Morgan fingerprint density at radius 3 is 2.53 bits per heavy atom. The van der Waals surface area contributed by atoms with Crippen LogP contribution in [0.25, 0.3) is 20.8 Å². The van der Waals surface area contributed by atoms with Gasteiger partial charge in [0.25, 0.3) is 0 Å². The maximum atomic E-state index is 10.8. The largest absolute Gasteiger partial charge is 0.478 e. The number of carboxylic acids is 1. The van der Waals surface area contributed by atoms with Crippen molar-refractivity contribution >= 4 is 39.1 Å². The van der Waals surface area contributed by atoms with Gasteiger partial charge in [-0.3, -0.25) is 0 Å². The van der Waals surface area contributed by atoms with E-state index in [9.17, 15) is 4.79 Å². The van der Waals surface area contributed by atoms with E-state index >= 15 is 0 Å². The van der Waals surface area contributed by atoms with Crippen LogP contribution >= 0.6 is 22.9 Å². The third-order valence-corrected chi connectivity index (χ3v) is 4.33. The lowest BCUT2D eigenvalue weighted by molar-refractivity contribution is 0.0697. The zero-order valence-electron chi connectivity index (χ0n) is 9.63. The highest BCUT2D eigenvalue weighted by molar-refractivity contribution is 7.22. The van der Waals surface area contributed by atoms with Crippen molar-refractivity contribution in [3.8, 4) is 10.6 Å². The number of hydrogen-bond donors (Lipinski definition) is 1. The predicted molar refractivity (Wildman–Crippen MR) is 77.0 cm³/mol. The van der Waals surface area contributed by atoms with Crippen molar-refractivity contribution in [1.82, 2.24) is 4.98 Å². The Kier molecular flexibility index (Phi) is 2.97. The number of hydrogen-bond acceptors (Lipinski definition) is 3. The van der Waals surface area contributed by atoms with E-state index in [0.717, 1.165) is 20.8 Å². The minimum Gasteiger partial charge on any atom is -0.478 e. The minimum absolute atomic E-state index is 0.267. The van der Waals surface area contributed by atoms with E-state index in [4.69, 9.17) is 16.7 Å². The van der Waals surface area contributed by atoms with Crippen molar-refractivity contribution in [2.75, 3.05) is 0 Å². The van der Waals surface area contributed by atoms with Crippen molar-refractivity contribution in [2.45, 2.75) is 0 Å². The lowest BCUT2D eigenvalue weighted by Gasteiger charge is -1.97. The van der Waals surface area contributed by atoms with Crippen LogP contribution in [-0.2, 0) is 0 Å². The summed E-state index contributed by atoms with van der Waals surface area (Å²) in [4.78, 5) is 15.3. The van der Waals surface area contributed by atoms with Gasteiger partial charge >= 0.3 is 5.97 Å². The smallest absolute Gasteiger partial charge is 0.335 e. The summed E-state index contributed by atoms with van der Waals surface area (Å²) < 4.78 is 0.946. The van der Waals surface area contributed by atoms with Crippen molar-refractivity contribution < 1.29 is 9.90 Å². The third kappa shape index (κ3) is 2.20. The van der Waals surface area contributed by atoms with Crippen molar-refractivity contribution in [1.29, 1.82) is 0 Å². The number of rotatable bonds is 2. The van der Waals surface area contributed by atoms with E-state index in [2.05, 4.69) is 4.98 Å². The number of benzene rings is 2. The number of fused-ring (bicyclic) bond motifs is 1. The standard InChI is InChI=1S/C14H8ClNO2S/c15-10-2-1-3-11-12(10)19-13(16-11)8-4-6-9(7-5-8)14(17)18/h1-7H,(H,17,18). The Labute approximate surface area is 118 Å². The van der Waals surface area contributed by atoms with Crippen LogP contribution in [0.15, 0.2) is 42.5 Å². The number of thiazole rings is 1. The molecular weight excluding hydrogens is 282 g/mol. The molecule has 0 bridgehead atoms. The van der Waals surface area contributed by atoms with Gasteiger partial charge in [-0.15, -0.1) is 11.3 Å². The fourth-order valence-electron chi connectivity index (χ4n) is 1.79. The fourth-order valence-corrected chi connectivity index (χ4v) is 3.05. The SMILES string of the molecule is O=C(O)c1ccc(-c2nc3cccc(Cl)c3s2)cc1. The second kappa shape index (κ2) is 4.64. The molecule has 3 nitrogen and oxygen atoms in total. The van der Waals surface area contributed by atoms with Gasteiger partial charge in [-0.25, -0.2) is 9.78 Å². The van der Waals surface area contributed by atoms with Crippen molar-refractivity contribution in [3.05, 3.63) is 53.1 Å². The molecule has 94 valence electrons. The van der Waals surface area contributed by atoms with E-state index in [1.54, 1.807) is 24.3 Å². The molecule has 3 aromatic rings. The average Bonchev–Trinajstić information content (AvgIpc) is 2.84. The van der Waals surface area contributed by atoms with Gasteiger partial charge in [0, 0.05) is 5.56 Å².